The fourth-order valence-corrected chi connectivity index (χ4v) is 3.72. The largest absolute Gasteiger partial charge is 0.507 e. The van der Waals surface area contributed by atoms with Crippen LogP contribution in [0.1, 0.15) is 23.2 Å². The van der Waals surface area contributed by atoms with Crippen molar-refractivity contribution in [1.82, 2.24) is 4.90 Å². The van der Waals surface area contributed by atoms with Gasteiger partial charge in [-0.1, -0.05) is 12.2 Å². The van der Waals surface area contributed by atoms with Crippen LogP contribution >= 0.6 is 24.0 Å². The molecule has 1 aliphatic heterocycles. The fraction of sp³-hybridized carbons (Fsp3) is 0.429. The lowest BCUT2D eigenvalue weighted by molar-refractivity contribution is 0.0715. The summed E-state index contributed by atoms with van der Waals surface area (Å²) in [5.74, 6) is -1.13. The highest BCUT2D eigenvalue weighted by atomic mass is 32.2. The van der Waals surface area contributed by atoms with Crippen LogP contribution in [0.15, 0.2) is 18.2 Å². The predicted octanol–water partition coefficient (Wildman–Crippen LogP) is 2.16. The molecule has 4 nitrogen and oxygen atoms in total. The van der Waals surface area contributed by atoms with Gasteiger partial charge >= 0.3 is 0 Å². The van der Waals surface area contributed by atoms with Gasteiger partial charge in [-0.15, -0.1) is 0 Å². The van der Waals surface area contributed by atoms with Crippen LogP contribution in [-0.2, 0) is 0 Å². The van der Waals surface area contributed by atoms with E-state index in [0.717, 1.165) is 12.1 Å². The Labute approximate surface area is 132 Å². The number of amides is 1. The van der Waals surface area contributed by atoms with Crippen LogP contribution in [0, 0.1) is 5.82 Å². The summed E-state index contributed by atoms with van der Waals surface area (Å²) in [5, 5.41) is 9.71. The molecule has 0 bridgehead atoms. The highest BCUT2D eigenvalue weighted by molar-refractivity contribution is 8.02. The molecule has 0 atom stereocenters. The number of rotatable bonds is 3. The Bertz CT molecular complexity index is 572. The summed E-state index contributed by atoms with van der Waals surface area (Å²) in [6, 6.07) is 3.36. The van der Waals surface area contributed by atoms with Crippen molar-refractivity contribution in [2.45, 2.75) is 17.6 Å². The lowest BCUT2D eigenvalue weighted by atomic mass is 9.95. The van der Waals surface area contributed by atoms with E-state index in [-0.39, 0.29) is 22.0 Å². The van der Waals surface area contributed by atoms with Crippen LogP contribution in [0.3, 0.4) is 0 Å². The fourth-order valence-electron chi connectivity index (χ4n) is 2.47. The first-order valence-corrected chi connectivity index (χ1v) is 8.16. The molecule has 0 aliphatic carbocycles. The second-order valence-corrected chi connectivity index (χ2v) is 6.65. The molecule has 1 saturated heterocycles. The number of thioether (sulfide) groups is 1. The van der Waals surface area contributed by atoms with Crippen molar-refractivity contribution in [2.24, 2.45) is 5.73 Å². The Balaban J connectivity index is 2.13. The van der Waals surface area contributed by atoms with Gasteiger partial charge in [0, 0.05) is 13.1 Å². The number of carbonyl (C=O) groups is 1. The lowest BCUT2D eigenvalue weighted by Gasteiger charge is -2.40. The summed E-state index contributed by atoms with van der Waals surface area (Å²) in [5.41, 5.74) is 5.79. The standard InChI is InChI=1S/C14H17FN2O2S2/c1-21-14(13(16)20)4-6-17(7-5-14)12(19)10-8-9(15)2-3-11(10)18/h2-3,8,18H,4-7H2,1H3,(H2,16,20). The van der Waals surface area contributed by atoms with E-state index in [1.807, 2.05) is 6.26 Å². The number of nitrogens with two attached hydrogens (primary N) is 1. The van der Waals surface area contributed by atoms with Crippen LogP contribution in [0.5, 0.6) is 5.75 Å². The molecule has 21 heavy (non-hydrogen) atoms. The zero-order valence-corrected chi connectivity index (χ0v) is 13.3. The third-order valence-electron chi connectivity index (χ3n) is 3.89. The molecule has 7 heteroatoms. The van der Waals surface area contributed by atoms with Gasteiger partial charge in [-0.3, -0.25) is 4.79 Å². The Morgan fingerprint density at radius 2 is 2.10 bits per heavy atom. The molecule has 1 amide bonds. The number of aromatic hydroxyl groups is 1. The highest BCUT2D eigenvalue weighted by Crippen LogP contribution is 2.35. The molecule has 2 rings (SSSR count). The van der Waals surface area contributed by atoms with E-state index < -0.39 is 5.82 Å². The Morgan fingerprint density at radius 3 is 2.62 bits per heavy atom. The number of hydrogen-bond acceptors (Lipinski definition) is 4. The maximum Gasteiger partial charge on any atom is 0.257 e. The molecule has 1 heterocycles. The van der Waals surface area contributed by atoms with Gasteiger partial charge in [0.1, 0.15) is 11.6 Å². The third-order valence-corrected chi connectivity index (χ3v) is 5.82. The zero-order chi connectivity index (χ0) is 15.6. The Kier molecular flexibility index (Phi) is 4.73. The molecule has 0 unspecified atom stereocenters. The van der Waals surface area contributed by atoms with E-state index in [9.17, 15) is 14.3 Å². The molecule has 1 aliphatic rings. The summed E-state index contributed by atoms with van der Waals surface area (Å²) in [4.78, 5) is 14.4. The van der Waals surface area contributed by atoms with Crippen molar-refractivity contribution in [3.8, 4) is 5.75 Å². The maximum absolute atomic E-state index is 13.2. The number of hydrogen-bond donors (Lipinski definition) is 2. The van der Waals surface area contributed by atoms with Gasteiger partial charge in [-0.2, -0.15) is 11.8 Å². The van der Waals surface area contributed by atoms with Gasteiger partial charge < -0.3 is 15.7 Å². The van der Waals surface area contributed by atoms with E-state index in [1.165, 1.54) is 6.07 Å². The van der Waals surface area contributed by atoms with Gasteiger partial charge in [-0.05, 0) is 37.3 Å². The maximum atomic E-state index is 13.2. The van der Waals surface area contributed by atoms with Crippen LogP contribution < -0.4 is 5.73 Å². The molecule has 0 spiro atoms. The van der Waals surface area contributed by atoms with Crippen LogP contribution in [-0.4, -0.2) is 45.0 Å². The Hall–Kier alpha value is -1.34. The number of likely N-dealkylation sites (tertiary alicyclic amines) is 1. The second-order valence-electron chi connectivity index (χ2n) is 5.02. The number of phenols is 1. The summed E-state index contributed by atoms with van der Waals surface area (Å²) in [6.07, 6.45) is 3.27. The zero-order valence-electron chi connectivity index (χ0n) is 11.6. The molecule has 1 aromatic carbocycles. The average Bonchev–Trinajstić information content (AvgIpc) is 2.49. The molecule has 0 saturated carbocycles. The van der Waals surface area contributed by atoms with Crippen molar-refractivity contribution in [3.63, 3.8) is 0 Å². The minimum atomic E-state index is -0.547. The quantitative estimate of drug-likeness (QED) is 0.832. The van der Waals surface area contributed by atoms with E-state index in [0.29, 0.717) is 30.9 Å². The average molecular weight is 328 g/mol. The van der Waals surface area contributed by atoms with Crippen molar-refractivity contribution in [3.05, 3.63) is 29.6 Å². The SMILES string of the molecule is CSC1(C(N)=S)CCN(C(=O)c2cc(F)ccc2O)CC1. The number of phenolic OH excluding ortho intramolecular Hbond substituents is 1. The van der Waals surface area contributed by atoms with Crippen molar-refractivity contribution in [1.29, 1.82) is 0 Å². The normalized spacial score (nSPS) is 17.5. The van der Waals surface area contributed by atoms with Gasteiger partial charge in [0.15, 0.2) is 0 Å². The topological polar surface area (TPSA) is 66.6 Å². The minimum Gasteiger partial charge on any atom is -0.507 e. The number of halogens is 1. The van der Waals surface area contributed by atoms with Crippen molar-refractivity contribution >= 4 is 34.9 Å². The number of benzene rings is 1. The van der Waals surface area contributed by atoms with E-state index in [2.05, 4.69) is 0 Å². The first-order valence-electron chi connectivity index (χ1n) is 6.52. The number of nitrogens with zero attached hydrogens (tertiary/aromatic N) is 1. The van der Waals surface area contributed by atoms with E-state index >= 15 is 0 Å². The van der Waals surface area contributed by atoms with Gasteiger partial charge in [0.2, 0.25) is 0 Å². The predicted molar refractivity (Wildman–Crippen MR) is 86.2 cm³/mol. The first-order chi connectivity index (χ1) is 9.89. The minimum absolute atomic E-state index is 0.0121. The van der Waals surface area contributed by atoms with Crippen LogP contribution in [0.25, 0.3) is 0 Å². The molecule has 114 valence electrons. The van der Waals surface area contributed by atoms with Crippen LogP contribution in [0.4, 0.5) is 4.39 Å². The molecular formula is C14H17FN2O2S2. The molecule has 3 N–H and O–H groups in total. The number of thiocarbonyl (C=S) groups is 1. The van der Waals surface area contributed by atoms with Crippen molar-refractivity contribution in [2.75, 3.05) is 19.3 Å². The molecule has 0 aromatic heterocycles. The third kappa shape index (κ3) is 3.13. The van der Waals surface area contributed by atoms with Gasteiger partial charge in [0.25, 0.3) is 5.91 Å². The van der Waals surface area contributed by atoms with E-state index in [4.69, 9.17) is 18.0 Å². The summed E-state index contributed by atoms with van der Waals surface area (Å²) < 4.78 is 13.0. The molecule has 1 fully saturated rings. The van der Waals surface area contributed by atoms with Crippen LogP contribution in [0.2, 0.25) is 0 Å². The Morgan fingerprint density at radius 1 is 1.48 bits per heavy atom. The summed E-state index contributed by atoms with van der Waals surface area (Å²) >= 11 is 6.73. The summed E-state index contributed by atoms with van der Waals surface area (Å²) in [6.45, 7) is 0.958. The van der Waals surface area contributed by atoms with Gasteiger partial charge in [0.05, 0.1) is 15.3 Å². The number of piperidine rings is 1. The second kappa shape index (κ2) is 6.19. The van der Waals surface area contributed by atoms with Gasteiger partial charge in [-0.25, -0.2) is 4.39 Å². The molecule has 0 radical (unpaired) electrons. The molecule has 1 aromatic rings. The monoisotopic (exact) mass is 328 g/mol. The number of carbonyl (C=O) groups excluding carboxylic acids is 1. The summed E-state index contributed by atoms with van der Waals surface area (Å²) in [7, 11) is 0. The van der Waals surface area contributed by atoms with E-state index in [1.54, 1.807) is 16.7 Å². The lowest BCUT2D eigenvalue weighted by Crippen LogP contribution is -2.50. The van der Waals surface area contributed by atoms with Crippen molar-refractivity contribution < 1.29 is 14.3 Å². The first kappa shape index (κ1) is 16.0. The smallest absolute Gasteiger partial charge is 0.257 e. The highest BCUT2D eigenvalue weighted by Gasteiger charge is 2.38. The molecular weight excluding hydrogens is 311 g/mol.